The smallest absolute Gasteiger partial charge is 0.272 e. The van der Waals surface area contributed by atoms with Gasteiger partial charge in [-0.25, -0.2) is 4.39 Å². The number of anilines is 2. The van der Waals surface area contributed by atoms with Crippen molar-refractivity contribution in [1.29, 1.82) is 0 Å². The van der Waals surface area contributed by atoms with Crippen molar-refractivity contribution >= 4 is 17.3 Å². The Bertz CT molecular complexity index is 883. The summed E-state index contributed by atoms with van der Waals surface area (Å²) in [5.74, 6) is -0.459. The van der Waals surface area contributed by atoms with E-state index in [9.17, 15) is 9.18 Å². The number of rotatable bonds is 6. The molecule has 3 aromatic rings. The summed E-state index contributed by atoms with van der Waals surface area (Å²) in [6.07, 6.45) is 1.57. The third kappa shape index (κ3) is 4.45. The van der Waals surface area contributed by atoms with Gasteiger partial charge in [0.25, 0.3) is 5.91 Å². The molecule has 26 heavy (non-hydrogen) atoms. The summed E-state index contributed by atoms with van der Waals surface area (Å²) >= 11 is 0. The van der Waals surface area contributed by atoms with Crippen LogP contribution < -0.4 is 5.32 Å². The monoisotopic (exact) mass is 349 g/mol. The highest BCUT2D eigenvalue weighted by Crippen LogP contribution is 2.18. The average molecular weight is 349 g/mol. The van der Waals surface area contributed by atoms with Crippen molar-refractivity contribution in [3.05, 3.63) is 90.0 Å². The van der Waals surface area contributed by atoms with Crippen LogP contribution in [0.3, 0.4) is 0 Å². The van der Waals surface area contributed by atoms with Gasteiger partial charge in [-0.2, -0.15) is 0 Å². The molecule has 1 heterocycles. The van der Waals surface area contributed by atoms with Crippen molar-refractivity contribution in [1.82, 2.24) is 9.88 Å². The summed E-state index contributed by atoms with van der Waals surface area (Å²) in [6, 6.07) is 19.4. The van der Waals surface area contributed by atoms with E-state index in [0.717, 1.165) is 5.56 Å². The minimum Gasteiger partial charge on any atom is -0.355 e. The largest absolute Gasteiger partial charge is 0.355 e. The van der Waals surface area contributed by atoms with Crippen molar-refractivity contribution in [2.75, 3.05) is 11.9 Å². The molecule has 0 aliphatic heterocycles. The zero-order valence-corrected chi connectivity index (χ0v) is 14.5. The summed E-state index contributed by atoms with van der Waals surface area (Å²) in [5.41, 5.74) is 2.72. The summed E-state index contributed by atoms with van der Waals surface area (Å²) in [6.45, 7) is 3.05. The Labute approximate surface area is 152 Å². The SMILES string of the molecule is CCN(Cc1ccccc1)C(=O)c1cc(Nc2cccc(F)c2)ccn1. The Morgan fingerprint density at radius 3 is 2.54 bits per heavy atom. The number of nitrogens with one attached hydrogen (secondary N) is 1. The molecule has 0 fully saturated rings. The fraction of sp³-hybridized carbons (Fsp3) is 0.143. The van der Waals surface area contributed by atoms with Crippen LogP contribution in [0.15, 0.2) is 72.9 Å². The van der Waals surface area contributed by atoms with Gasteiger partial charge in [-0.05, 0) is 42.8 Å². The molecule has 0 bridgehead atoms. The molecule has 2 aromatic carbocycles. The lowest BCUT2D eigenvalue weighted by molar-refractivity contribution is 0.0746. The summed E-state index contributed by atoms with van der Waals surface area (Å²) in [7, 11) is 0. The van der Waals surface area contributed by atoms with E-state index in [4.69, 9.17) is 0 Å². The molecule has 0 aliphatic rings. The van der Waals surface area contributed by atoms with E-state index in [-0.39, 0.29) is 11.7 Å². The summed E-state index contributed by atoms with van der Waals surface area (Å²) in [5, 5.41) is 3.10. The Morgan fingerprint density at radius 1 is 1.04 bits per heavy atom. The predicted molar refractivity (Wildman–Crippen MR) is 101 cm³/mol. The third-order valence-corrected chi connectivity index (χ3v) is 3.98. The van der Waals surface area contributed by atoms with Crippen LogP contribution in [-0.2, 0) is 6.54 Å². The van der Waals surface area contributed by atoms with E-state index in [0.29, 0.717) is 30.2 Å². The first-order valence-electron chi connectivity index (χ1n) is 8.47. The van der Waals surface area contributed by atoms with Gasteiger partial charge in [0, 0.05) is 30.7 Å². The van der Waals surface area contributed by atoms with Crippen molar-refractivity contribution < 1.29 is 9.18 Å². The lowest BCUT2D eigenvalue weighted by atomic mass is 10.2. The molecule has 0 aliphatic carbocycles. The number of aromatic nitrogens is 1. The van der Waals surface area contributed by atoms with Gasteiger partial charge in [0.1, 0.15) is 11.5 Å². The number of hydrogen-bond donors (Lipinski definition) is 1. The molecule has 0 spiro atoms. The number of carbonyl (C=O) groups excluding carboxylic acids is 1. The van der Waals surface area contributed by atoms with Crippen LogP contribution in [0, 0.1) is 5.82 Å². The quantitative estimate of drug-likeness (QED) is 0.706. The molecule has 132 valence electrons. The summed E-state index contributed by atoms with van der Waals surface area (Å²) < 4.78 is 13.3. The van der Waals surface area contributed by atoms with E-state index < -0.39 is 0 Å². The Balaban J connectivity index is 1.76. The van der Waals surface area contributed by atoms with Crippen LogP contribution in [0.25, 0.3) is 0 Å². The van der Waals surface area contributed by atoms with Crippen molar-refractivity contribution in [2.45, 2.75) is 13.5 Å². The molecule has 0 saturated carbocycles. The van der Waals surface area contributed by atoms with Crippen LogP contribution in [-0.4, -0.2) is 22.3 Å². The molecule has 0 unspecified atom stereocenters. The molecule has 0 radical (unpaired) electrons. The first-order chi connectivity index (χ1) is 12.7. The molecule has 5 heteroatoms. The fourth-order valence-corrected chi connectivity index (χ4v) is 2.65. The van der Waals surface area contributed by atoms with Gasteiger partial charge in [0.05, 0.1) is 0 Å². The molecule has 1 aromatic heterocycles. The maximum Gasteiger partial charge on any atom is 0.272 e. The first-order valence-corrected chi connectivity index (χ1v) is 8.47. The maximum atomic E-state index is 13.3. The van der Waals surface area contributed by atoms with Gasteiger partial charge in [-0.1, -0.05) is 36.4 Å². The number of halogens is 1. The number of nitrogens with zero attached hydrogens (tertiary/aromatic N) is 2. The number of hydrogen-bond acceptors (Lipinski definition) is 3. The van der Waals surface area contributed by atoms with Gasteiger partial charge >= 0.3 is 0 Å². The van der Waals surface area contributed by atoms with Crippen molar-refractivity contribution in [3.63, 3.8) is 0 Å². The van der Waals surface area contributed by atoms with Crippen LogP contribution in [0.2, 0.25) is 0 Å². The second kappa shape index (κ2) is 8.25. The molecule has 0 saturated heterocycles. The van der Waals surface area contributed by atoms with Gasteiger partial charge < -0.3 is 10.2 Å². The standard InChI is InChI=1S/C21H20FN3O/c1-2-25(15-16-7-4-3-5-8-16)21(26)20-14-19(11-12-23-20)24-18-10-6-9-17(22)13-18/h3-14H,2,15H2,1H3,(H,23,24). The number of benzene rings is 2. The first kappa shape index (κ1) is 17.6. The normalized spacial score (nSPS) is 10.4. The van der Waals surface area contributed by atoms with Crippen LogP contribution >= 0.6 is 0 Å². The van der Waals surface area contributed by atoms with E-state index in [2.05, 4.69) is 10.3 Å². The topological polar surface area (TPSA) is 45.2 Å². The Hall–Kier alpha value is -3.21. The van der Waals surface area contributed by atoms with E-state index in [1.807, 2.05) is 37.3 Å². The van der Waals surface area contributed by atoms with Crippen LogP contribution in [0.4, 0.5) is 15.8 Å². The average Bonchev–Trinajstić information content (AvgIpc) is 2.66. The zero-order valence-electron chi connectivity index (χ0n) is 14.5. The van der Waals surface area contributed by atoms with Gasteiger partial charge in [0.15, 0.2) is 0 Å². The molecular formula is C21H20FN3O. The molecule has 1 N–H and O–H groups in total. The van der Waals surface area contributed by atoms with E-state index in [1.54, 1.807) is 35.4 Å². The van der Waals surface area contributed by atoms with Crippen LogP contribution in [0.1, 0.15) is 23.0 Å². The van der Waals surface area contributed by atoms with E-state index >= 15 is 0 Å². The second-order valence-electron chi connectivity index (χ2n) is 5.87. The highest BCUT2D eigenvalue weighted by molar-refractivity contribution is 5.93. The highest BCUT2D eigenvalue weighted by Gasteiger charge is 2.16. The highest BCUT2D eigenvalue weighted by atomic mass is 19.1. The number of carbonyl (C=O) groups is 1. The minimum atomic E-state index is -0.319. The minimum absolute atomic E-state index is 0.140. The summed E-state index contributed by atoms with van der Waals surface area (Å²) in [4.78, 5) is 18.8. The molecule has 4 nitrogen and oxygen atoms in total. The van der Waals surface area contributed by atoms with Crippen molar-refractivity contribution in [3.8, 4) is 0 Å². The maximum absolute atomic E-state index is 13.3. The van der Waals surface area contributed by atoms with Crippen molar-refractivity contribution in [2.24, 2.45) is 0 Å². The molecule has 0 atom stereocenters. The second-order valence-corrected chi connectivity index (χ2v) is 5.87. The number of amides is 1. The third-order valence-electron chi connectivity index (χ3n) is 3.98. The molecular weight excluding hydrogens is 329 g/mol. The molecule has 1 amide bonds. The van der Waals surface area contributed by atoms with Gasteiger partial charge in [-0.3, -0.25) is 9.78 Å². The lowest BCUT2D eigenvalue weighted by Crippen LogP contribution is -2.31. The van der Waals surface area contributed by atoms with Crippen LogP contribution in [0.5, 0.6) is 0 Å². The fourth-order valence-electron chi connectivity index (χ4n) is 2.65. The van der Waals surface area contributed by atoms with Gasteiger partial charge in [-0.15, -0.1) is 0 Å². The van der Waals surface area contributed by atoms with E-state index in [1.165, 1.54) is 12.1 Å². The Kier molecular flexibility index (Phi) is 5.59. The number of pyridine rings is 1. The van der Waals surface area contributed by atoms with Gasteiger partial charge in [0.2, 0.25) is 0 Å². The predicted octanol–water partition coefficient (Wildman–Crippen LogP) is 4.63. The Morgan fingerprint density at radius 2 is 1.81 bits per heavy atom. The molecule has 3 rings (SSSR count). The zero-order chi connectivity index (χ0) is 18.4. The lowest BCUT2D eigenvalue weighted by Gasteiger charge is -2.21.